The van der Waals surface area contributed by atoms with Crippen LogP contribution in [-0.2, 0) is 0 Å². The van der Waals surface area contributed by atoms with Gasteiger partial charge in [-0.05, 0) is 32.5 Å². The highest BCUT2D eigenvalue weighted by Crippen LogP contribution is 2.10. The van der Waals surface area contributed by atoms with E-state index >= 15 is 0 Å². The maximum atomic E-state index is 4.08. The van der Waals surface area contributed by atoms with Crippen molar-refractivity contribution in [2.75, 3.05) is 33.7 Å². The van der Waals surface area contributed by atoms with E-state index in [1.165, 1.54) is 18.7 Å². The van der Waals surface area contributed by atoms with Gasteiger partial charge in [0.05, 0.1) is 0 Å². The summed E-state index contributed by atoms with van der Waals surface area (Å²) < 4.78 is 0. The molecule has 0 radical (unpaired) electrons. The molecule has 0 aromatic heterocycles. The van der Waals surface area contributed by atoms with Crippen LogP contribution in [0.25, 0.3) is 0 Å². The van der Waals surface area contributed by atoms with Crippen molar-refractivity contribution in [1.82, 2.24) is 9.80 Å². The Morgan fingerprint density at radius 3 is 2.21 bits per heavy atom. The third kappa shape index (κ3) is 5.28. The van der Waals surface area contributed by atoms with Gasteiger partial charge in [-0.1, -0.05) is 27.4 Å². The summed E-state index contributed by atoms with van der Waals surface area (Å²) in [7, 11) is 4.30. The Kier molecular flexibility index (Phi) is 6.64. The number of nitrogens with zero attached hydrogens (tertiary/aromatic N) is 2. The molecule has 0 amide bonds. The second kappa shape index (κ2) is 6.88. The van der Waals surface area contributed by atoms with E-state index in [-0.39, 0.29) is 0 Å². The molecule has 0 aliphatic heterocycles. The van der Waals surface area contributed by atoms with Gasteiger partial charge in [-0.2, -0.15) is 0 Å². The highest BCUT2D eigenvalue weighted by atomic mass is 15.1. The van der Waals surface area contributed by atoms with E-state index in [1.807, 2.05) is 0 Å². The maximum Gasteiger partial charge on any atom is 0.0183 e. The Labute approximate surface area is 89.6 Å². The quantitative estimate of drug-likeness (QED) is 0.620. The normalized spacial score (nSPS) is 11.1. The molecule has 2 heteroatoms. The predicted molar refractivity (Wildman–Crippen MR) is 64.4 cm³/mol. The van der Waals surface area contributed by atoms with Gasteiger partial charge >= 0.3 is 0 Å². The summed E-state index contributed by atoms with van der Waals surface area (Å²) >= 11 is 0. The Balaban J connectivity index is 3.63. The summed E-state index contributed by atoms with van der Waals surface area (Å²) in [4.78, 5) is 4.61. The van der Waals surface area contributed by atoms with E-state index in [0.29, 0.717) is 5.92 Å². The molecule has 0 aromatic carbocycles. The van der Waals surface area contributed by atoms with Crippen LogP contribution < -0.4 is 0 Å². The predicted octanol–water partition coefficient (Wildman–Crippen LogP) is 2.43. The highest BCUT2D eigenvalue weighted by Gasteiger charge is 2.05. The standard InChI is InChI=1S/C12H26N2/c1-7-13(5)9-8-10-14(6)12(4)11(2)3/h11H,4,7-10H2,1-3,5-6H3. The average molecular weight is 198 g/mol. The molecule has 0 aromatic rings. The van der Waals surface area contributed by atoms with Gasteiger partial charge in [0.2, 0.25) is 0 Å². The minimum Gasteiger partial charge on any atom is -0.378 e. The number of hydrogen-bond donors (Lipinski definition) is 0. The Hall–Kier alpha value is -0.500. The van der Waals surface area contributed by atoms with E-state index in [0.717, 1.165) is 13.1 Å². The van der Waals surface area contributed by atoms with Crippen LogP contribution in [0, 0.1) is 5.92 Å². The van der Waals surface area contributed by atoms with Gasteiger partial charge in [0.1, 0.15) is 0 Å². The Morgan fingerprint density at radius 1 is 1.21 bits per heavy atom. The fraction of sp³-hybridized carbons (Fsp3) is 0.833. The van der Waals surface area contributed by atoms with E-state index in [4.69, 9.17) is 0 Å². The molecule has 0 unspecified atom stereocenters. The summed E-state index contributed by atoms with van der Waals surface area (Å²) in [5, 5.41) is 0. The van der Waals surface area contributed by atoms with Gasteiger partial charge in [0, 0.05) is 19.3 Å². The van der Waals surface area contributed by atoms with Crippen LogP contribution in [0.2, 0.25) is 0 Å². The fourth-order valence-electron chi connectivity index (χ4n) is 1.32. The smallest absolute Gasteiger partial charge is 0.0183 e. The van der Waals surface area contributed by atoms with Crippen LogP contribution in [-0.4, -0.2) is 43.5 Å². The second-order valence-corrected chi connectivity index (χ2v) is 4.32. The van der Waals surface area contributed by atoms with Crippen LogP contribution in [0.4, 0.5) is 0 Å². The zero-order valence-corrected chi connectivity index (χ0v) is 10.5. The molecular formula is C12H26N2. The van der Waals surface area contributed by atoms with E-state index in [2.05, 4.69) is 51.2 Å². The molecule has 0 fully saturated rings. The fourth-order valence-corrected chi connectivity index (χ4v) is 1.32. The summed E-state index contributed by atoms with van der Waals surface area (Å²) in [6, 6.07) is 0. The molecule has 0 saturated carbocycles. The Morgan fingerprint density at radius 2 is 1.79 bits per heavy atom. The van der Waals surface area contributed by atoms with Crippen LogP contribution in [0.15, 0.2) is 12.3 Å². The molecule has 0 heterocycles. The van der Waals surface area contributed by atoms with Crippen LogP contribution in [0.5, 0.6) is 0 Å². The van der Waals surface area contributed by atoms with Gasteiger partial charge in [0.15, 0.2) is 0 Å². The van der Waals surface area contributed by atoms with Crippen molar-refractivity contribution in [3.8, 4) is 0 Å². The summed E-state index contributed by atoms with van der Waals surface area (Å²) in [6.45, 7) is 14.1. The van der Waals surface area contributed by atoms with Crippen LogP contribution >= 0.6 is 0 Å². The molecule has 2 nitrogen and oxygen atoms in total. The lowest BCUT2D eigenvalue weighted by molar-refractivity contribution is 0.305. The van der Waals surface area contributed by atoms with Crippen LogP contribution in [0.3, 0.4) is 0 Å². The van der Waals surface area contributed by atoms with Crippen molar-refractivity contribution in [1.29, 1.82) is 0 Å². The van der Waals surface area contributed by atoms with E-state index < -0.39 is 0 Å². The summed E-state index contributed by atoms with van der Waals surface area (Å²) in [6.07, 6.45) is 1.21. The molecule has 0 aliphatic carbocycles. The van der Waals surface area contributed by atoms with Gasteiger partial charge in [-0.25, -0.2) is 0 Å². The SMILES string of the molecule is C=C(C(C)C)N(C)CCCN(C)CC. The second-order valence-electron chi connectivity index (χ2n) is 4.32. The molecular weight excluding hydrogens is 172 g/mol. The minimum absolute atomic E-state index is 0.559. The lowest BCUT2D eigenvalue weighted by Crippen LogP contribution is -2.26. The molecule has 0 spiro atoms. The summed E-state index contributed by atoms with van der Waals surface area (Å²) in [5.41, 5.74) is 1.24. The zero-order chi connectivity index (χ0) is 11.1. The van der Waals surface area contributed by atoms with Crippen molar-refractivity contribution in [3.05, 3.63) is 12.3 Å². The molecule has 0 bridgehead atoms. The third-order valence-corrected chi connectivity index (χ3v) is 2.73. The maximum absolute atomic E-state index is 4.08. The molecule has 0 aliphatic rings. The topological polar surface area (TPSA) is 6.48 Å². The molecule has 0 N–H and O–H groups in total. The van der Waals surface area contributed by atoms with Gasteiger partial charge in [-0.3, -0.25) is 0 Å². The van der Waals surface area contributed by atoms with Crippen molar-refractivity contribution in [2.45, 2.75) is 27.2 Å². The first-order valence-corrected chi connectivity index (χ1v) is 5.57. The van der Waals surface area contributed by atoms with Crippen molar-refractivity contribution >= 4 is 0 Å². The van der Waals surface area contributed by atoms with Gasteiger partial charge < -0.3 is 9.80 Å². The minimum atomic E-state index is 0.559. The van der Waals surface area contributed by atoms with Crippen molar-refractivity contribution in [3.63, 3.8) is 0 Å². The molecule has 0 rings (SSSR count). The first-order chi connectivity index (χ1) is 6.49. The first kappa shape index (κ1) is 13.5. The van der Waals surface area contributed by atoms with E-state index in [1.54, 1.807) is 0 Å². The molecule has 0 saturated heterocycles. The third-order valence-electron chi connectivity index (χ3n) is 2.73. The van der Waals surface area contributed by atoms with E-state index in [9.17, 15) is 0 Å². The Bertz CT molecular complexity index is 164. The van der Waals surface area contributed by atoms with Crippen LogP contribution in [0.1, 0.15) is 27.2 Å². The lowest BCUT2D eigenvalue weighted by Gasteiger charge is -2.25. The molecule has 84 valence electrons. The van der Waals surface area contributed by atoms with Gasteiger partial charge in [-0.15, -0.1) is 0 Å². The average Bonchev–Trinajstić information content (AvgIpc) is 2.15. The number of rotatable bonds is 7. The van der Waals surface area contributed by atoms with Gasteiger partial charge in [0.25, 0.3) is 0 Å². The molecule has 14 heavy (non-hydrogen) atoms. The number of allylic oxidation sites excluding steroid dienone is 1. The van der Waals surface area contributed by atoms with Crippen molar-refractivity contribution < 1.29 is 0 Å². The zero-order valence-electron chi connectivity index (χ0n) is 10.5. The summed E-state index contributed by atoms with van der Waals surface area (Å²) in [5.74, 6) is 0.559. The number of hydrogen-bond acceptors (Lipinski definition) is 2. The van der Waals surface area contributed by atoms with Crippen molar-refractivity contribution in [2.24, 2.45) is 5.92 Å². The lowest BCUT2D eigenvalue weighted by atomic mass is 10.1. The monoisotopic (exact) mass is 198 g/mol. The largest absolute Gasteiger partial charge is 0.378 e. The highest BCUT2D eigenvalue weighted by molar-refractivity contribution is 4.95. The molecule has 0 atom stereocenters. The first-order valence-electron chi connectivity index (χ1n) is 5.57.